The molecule has 2 rings (SSSR count). The standard InChI is InChI=1S/C18H18N2O4S/c1-2-3-4-5-17(21)24-25(22,23)12-13-6-7-15-11-16(18(19)20)9-8-14(15)10-13/h2-11H,12H2,1H3,(H3,19,20)/b3-2+,5-4+. The SMILES string of the molecule is C/C=C/C=C/C(=O)OS(=O)(=O)Cc1ccc2cc(C(=N)N)ccc2c1. The van der Waals surface area contributed by atoms with Gasteiger partial charge in [0, 0.05) is 11.6 Å². The Morgan fingerprint density at radius 3 is 2.52 bits per heavy atom. The van der Waals surface area contributed by atoms with E-state index in [2.05, 4.69) is 4.18 Å². The Morgan fingerprint density at radius 2 is 1.84 bits per heavy atom. The zero-order valence-electron chi connectivity index (χ0n) is 13.6. The normalized spacial score (nSPS) is 12.0. The van der Waals surface area contributed by atoms with E-state index in [4.69, 9.17) is 11.1 Å². The Kier molecular flexibility index (Phi) is 5.71. The molecule has 130 valence electrons. The van der Waals surface area contributed by atoms with E-state index >= 15 is 0 Å². The van der Waals surface area contributed by atoms with Gasteiger partial charge < -0.3 is 9.92 Å². The zero-order chi connectivity index (χ0) is 18.4. The van der Waals surface area contributed by atoms with Crippen LogP contribution in [0.5, 0.6) is 0 Å². The Bertz CT molecular complexity index is 976. The van der Waals surface area contributed by atoms with Gasteiger partial charge in [-0.15, -0.1) is 0 Å². The molecule has 0 amide bonds. The number of fused-ring (bicyclic) bond motifs is 1. The number of carbonyl (C=O) groups excluding carboxylic acids is 1. The molecule has 0 aliphatic heterocycles. The average Bonchev–Trinajstić information content (AvgIpc) is 2.53. The molecule has 2 aromatic rings. The summed E-state index contributed by atoms with van der Waals surface area (Å²) >= 11 is 0. The van der Waals surface area contributed by atoms with Gasteiger partial charge in [0.05, 0.1) is 0 Å². The highest BCUT2D eigenvalue weighted by atomic mass is 32.2. The Hall–Kier alpha value is -2.93. The number of benzene rings is 2. The van der Waals surface area contributed by atoms with Gasteiger partial charge in [0.1, 0.15) is 11.6 Å². The molecule has 0 unspecified atom stereocenters. The second-order valence-electron chi connectivity index (χ2n) is 5.30. The number of amidine groups is 1. The van der Waals surface area contributed by atoms with Crippen LogP contribution in [0.15, 0.2) is 60.7 Å². The lowest BCUT2D eigenvalue weighted by Crippen LogP contribution is -2.13. The van der Waals surface area contributed by atoms with Gasteiger partial charge >= 0.3 is 16.1 Å². The molecule has 0 saturated carbocycles. The average molecular weight is 358 g/mol. The third-order valence-electron chi connectivity index (χ3n) is 3.30. The monoisotopic (exact) mass is 358 g/mol. The topological polar surface area (TPSA) is 110 Å². The first-order valence-corrected chi connectivity index (χ1v) is 9.01. The minimum absolute atomic E-state index is 0.0357. The lowest BCUT2D eigenvalue weighted by Gasteiger charge is -2.06. The number of nitrogen functional groups attached to an aromatic ring is 1. The van der Waals surface area contributed by atoms with Gasteiger partial charge in [0.2, 0.25) is 0 Å². The van der Waals surface area contributed by atoms with Gasteiger partial charge in [-0.1, -0.05) is 48.6 Å². The molecule has 0 aliphatic carbocycles. The summed E-state index contributed by atoms with van der Waals surface area (Å²) in [7, 11) is -4.04. The lowest BCUT2D eigenvalue weighted by atomic mass is 10.0. The predicted octanol–water partition coefficient (Wildman–Crippen LogP) is 2.63. The lowest BCUT2D eigenvalue weighted by molar-refractivity contribution is -0.128. The minimum Gasteiger partial charge on any atom is -0.384 e. The largest absolute Gasteiger partial charge is 0.384 e. The smallest absolute Gasteiger partial charge is 0.346 e. The predicted molar refractivity (Wildman–Crippen MR) is 97.6 cm³/mol. The highest BCUT2D eigenvalue weighted by molar-refractivity contribution is 7.86. The minimum atomic E-state index is -4.04. The van der Waals surface area contributed by atoms with Gasteiger partial charge in [0.25, 0.3) is 0 Å². The van der Waals surface area contributed by atoms with Crippen LogP contribution in [-0.4, -0.2) is 20.2 Å². The molecule has 2 aromatic carbocycles. The number of nitrogens with two attached hydrogens (primary N) is 1. The summed E-state index contributed by atoms with van der Waals surface area (Å²) in [4.78, 5) is 11.5. The highest BCUT2D eigenvalue weighted by Gasteiger charge is 2.16. The molecular weight excluding hydrogens is 340 g/mol. The summed E-state index contributed by atoms with van der Waals surface area (Å²) in [5, 5.41) is 9.07. The van der Waals surface area contributed by atoms with Gasteiger partial charge in [-0.3, -0.25) is 5.41 Å². The number of allylic oxidation sites excluding steroid dienone is 3. The molecule has 0 aromatic heterocycles. The maximum Gasteiger partial charge on any atom is 0.346 e. The van der Waals surface area contributed by atoms with Crippen molar-refractivity contribution >= 4 is 32.7 Å². The van der Waals surface area contributed by atoms with Crippen molar-refractivity contribution in [1.82, 2.24) is 0 Å². The third-order valence-corrected chi connectivity index (χ3v) is 4.41. The third kappa shape index (κ3) is 5.29. The van der Waals surface area contributed by atoms with E-state index in [9.17, 15) is 13.2 Å². The van der Waals surface area contributed by atoms with Gasteiger partial charge in [0.15, 0.2) is 0 Å². The van der Waals surface area contributed by atoms with Gasteiger partial charge in [-0.25, -0.2) is 4.79 Å². The molecule has 7 heteroatoms. The van der Waals surface area contributed by atoms with E-state index in [1.165, 1.54) is 6.08 Å². The maximum atomic E-state index is 12.0. The summed E-state index contributed by atoms with van der Waals surface area (Å²) in [6, 6.07) is 10.3. The van der Waals surface area contributed by atoms with E-state index in [1.807, 2.05) is 0 Å². The summed E-state index contributed by atoms with van der Waals surface area (Å²) < 4.78 is 28.5. The summed E-state index contributed by atoms with van der Waals surface area (Å²) in [5.41, 5.74) is 6.54. The second kappa shape index (κ2) is 7.76. The van der Waals surface area contributed by atoms with E-state index < -0.39 is 21.8 Å². The molecule has 0 fully saturated rings. The number of rotatable bonds is 6. The molecule has 0 bridgehead atoms. The van der Waals surface area contributed by atoms with Crippen molar-refractivity contribution < 1.29 is 17.4 Å². The molecule has 0 aliphatic rings. The fourth-order valence-electron chi connectivity index (χ4n) is 2.18. The summed E-state index contributed by atoms with van der Waals surface area (Å²) in [6.07, 6.45) is 5.74. The van der Waals surface area contributed by atoms with Crippen LogP contribution in [0.1, 0.15) is 18.1 Å². The highest BCUT2D eigenvalue weighted by Crippen LogP contribution is 2.19. The Morgan fingerprint density at radius 1 is 1.16 bits per heavy atom. The first kappa shape index (κ1) is 18.4. The van der Waals surface area contributed by atoms with Gasteiger partial charge in [-0.05, 0) is 29.3 Å². The van der Waals surface area contributed by atoms with Crippen molar-refractivity contribution in [2.45, 2.75) is 12.7 Å². The van der Waals surface area contributed by atoms with Gasteiger partial charge in [-0.2, -0.15) is 8.42 Å². The molecule has 0 spiro atoms. The Balaban J connectivity index is 2.17. The quantitative estimate of drug-likeness (QED) is 0.271. The fraction of sp³-hybridized carbons (Fsp3) is 0.111. The van der Waals surface area contributed by atoms with E-state index in [1.54, 1.807) is 55.5 Å². The second-order valence-corrected chi connectivity index (χ2v) is 6.87. The van der Waals surface area contributed by atoms with Crippen molar-refractivity contribution in [3.8, 4) is 0 Å². The fourth-order valence-corrected chi connectivity index (χ4v) is 3.14. The molecule has 3 N–H and O–H groups in total. The number of carbonyl (C=O) groups is 1. The molecule has 6 nitrogen and oxygen atoms in total. The van der Waals surface area contributed by atoms with Crippen molar-refractivity contribution in [2.75, 3.05) is 0 Å². The zero-order valence-corrected chi connectivity index (χ0v) is 14.4. The summed E-state index contributed by atoms with van der Waals surface area (Å²) in [6.45, 7) is 1.77. The molecule has 0 heterocycles. The number of hydrogen-bond donors (Lipinski definition) is 2. The molecule has 25 heavy (non-hydrogen) atoms. The van der Waals surface area contributed by atoms with Crippen LogP contribution in [0, 0.1) is 5.41 Å². The van der Waals surface area contributed by atoms with E-state index in [0.29, 0.717) is 11.1 Å². The van der Waals surface area contributed by atoms with Crippen LogP contribution < -0.4 is 5.73 Å². The van der Waals surface area contributed by atoms with E-state index in [0.717, 1.165) is 16.8 Å². The van der Waals surface area contributed by atoms with E-state index in [-0.39, 0.29) is 5.84 Å². The first-order chi connectivity index (χ1) is 11.8. The van der Waals surface area contributed by atoms with Crippen LogP contribution in [0.4, 0.5) is 0 Å². The van der Waals surface area contributed by atoms with Crippen LogP contribution in [0.3, 0.4) is 0 Å². The molecule has 0 radical (unpaired) electrons. The first-order valence-electron chi connectivity index (χ1n) is 7.43. The Labute approximate surface area is 146 Å². The van der Waals surface area contributed by atoms with Crippen molar-refractivity contribution in [1.29, 1.82) is 5.41 Å². The van der Waals surface area contributed by atoms with Crippen molar-refractivity contribution in [3.63, 3.8) is 0 Å². The van der Waals surface area contributed by atoms with Crippen LogP contribution in [0.25, 0.3) is 10.8 Å². The van der Waals surface area contributed by atoms with Crippen molar-refractivity contribution in [2.24, 2.45) is 5.73 Å². The van der Waals surface area contributed by atoms with Crippen LogP contribution in [-0.2, 0) is 24.8 Å². The van der Waals surface area contributed by atoms with Crippen molar-refractivity contribution in [3.05, 3.63) is 71.8 Å². The maximum absolute atomic E-state index is 12.0. The number of nitrogens with one attached hydrogen (secondary N) is 1. The summed E-state index contributed by atoms with van der Waals surface area (Å²) in [5.74, 6) is -1.39. The van der Waals surface area contributed by atoms with Crippen LogP contribution >= 0.6 is 0 Å². The van der Waals surface area contributed by atoms with Crippen LogP contribution in [0.2, 0.25) is 0 Å². The molecule has 0 saturated heterocycles. The molecule has 0 atom stereocenters. The number of hydrogen-bond acceptors (Lipinski definition) is 5. The molecular formula is C18H18N2O4S.